The van der Waals surface area contributed by atoms with Crippen LogP contribution in [0.25, 0.3) is 11.0 Å². The number of nitrogens with zero attached hydrogens (tertiary/aromatic N) is 3. The Morgan fingerprint density at radius 1 is 1.12 bits per heavy atom. The molecule has 1 aliphatic rings. The molecule has 1 fully saturated rings. The van der Waals surface area contributed by atoms with Crippen molar-refractivity contribution in [3.8, 4) is 0 Å². The van der Waals surface area contributed by atoms with Gasteiger partial charge in [0.2, 0.25) is 0 Å². The van der Waals surface area contributed by atoms with Gasteiger partial charge in [-0.15, -0.1) is 0 Å². The summed E-state index contributed by atoms with van der Waals surface area (Å²) in [6, 6.07) is 5.48. The molecule has 1 saturated heterocycles. The largest absolute Gasteiger partial charge is 0.399 e. The highest BCUT2D eigenvalue weighted by Gasteiger charge is 2.18. The molecular formula is C12H13ClN4. The van der Waals surface area contributed by atoms with Crippen LogP contribution in [0.5, 0.6) is 0 Å². The second kappa shape index (κ2) is 4.04. The van der Waals surface area contributed by atoms with Gasteiger partial charge >= 0.3 is 0 Å². The molecule has 2 N–H and O–H groups in total. The summed E-state index contributed by atoms with van der Waals surface area (Å²) < 4.78 is 0. The first-order chi connectivity index (χ1) is 8.24. The Labute approximate surface area is 104 Å². The average molecular weight is 249 g/mol. The number of nitrogen functional groups attached to an aromatic ring is 1. The van der Waals surface area contributed by atoms with Gasteiger partial charge in [0.05, 0.1) is 11.0 Å². The minimum Gasteiger partial charge on any atom is -0.399 e. The summed E-state index contributed by atoms with van der Waals surface area (Å²) in [5.74, 6) is 0.780. The van der Waals surface area contributed by atoms with E-state index in [4.69, 9.17) is 17.3 Å². The van der Waals surface area contributed by atoms with E-state index in [2.05, 4.69) is 14.9 Å². The smallest absolute Gasteiger partial charge is 0.172 e. The summed E-state index contributed by atoms with van der Waals surface area (Å²) in [7, 11) is 0. The van der Waals surface area contributed by atoms with Gasteiger partial charge in [-0.25, -0.2) is 9.97 Å². The van der Waals surface area contributed by atoms with Crippen molar-refractivity contribution in [2.75, 3.05) is 23.7 Å². The van der Waals surface area contributed by atoms with Crippen molar-refractivity contribution >= 4 is 34.1 Å². The van der Waals surface area contributed by atoms with E-state index in [1.807, 2.05) is 18.2 Å². The Balaban J connectivity index is 2.14. The van der Waals surface area contributed by atoms with Crippen LogP contribution in [0.4, 0.5) is 11.5 Å². The molecule has 3 rings (SSSR count). The summed E-state index contributed by atoms with van der Waals surface area (Å²) in [6.07, 6.45) is 2.37. The molecule has 0 spiro atoms. The molecule has 88 valence electrons. The van der Waals surface area contributed by atoms with Crippen LogP contribution in [0, 0.1) is 0 Å². The molecule has 0 saturated carbocycles. The number of hydrogen-bond acceptors (Lipinski definition) is 4. The molecule has 5 heteroatoms. The van der Waals surface area contributed by atoms with Gasteiger partial charge in [-0.3, -0.25) is 0 Å². The fourth-order valence-electron chi connectivity index (χ4n) is 2.17. The molecule has 0 radical (unpaired) electrons. The lowest BCUT2D eigenvalue weighted by molar-refractivity contribution is 0.937. The zero-order valence-electron chi connectivity index (χ0n) is 9.36. The van der Waals surface area contributed by atoms with E-state index in [0.29, 0.717) is 10.8 Å². The monoisotopic (exact) mass is 248 g/mol. The van der Waals surface area contributed by atoms with Gasteiger partial charge in [-0.2, -0.15) is 0 Å². The lowest BCUT2D eigenvalue weighted by atomic mass is 10.2. The minimum absolute atomic E-state index is 0.476. The minimum atomic E-state index is 0.476. The third kappa shape index (κ3) is 1.89. The predicted molar refractivity (Wildman–Crippen MR) is 70.4 cm³/mol. The SMILES string of the molecule is Nc1ccc2nc(Cl)c(N3CCCC3)nc2c1. The normalized spacial score (nSPS) is 15.7. The maximum absolute atomic E-state index is 6.18. The summed E-state index contributed by atoms with van der Waals surface area (Å²) >= 11 is 6.18. The highest BCUT2D eigenvalue weighted by atomic mass is 35.5. The third-order valence-electron chi connectivity index (χ3n) is 3.03. The molecule has 2 aromatic rings. The fraction of sp³-hybridized carbons (Fsp3) is 0.333. The standard InChI is InChI=1S/C12H13ClN4/c13-11-12(17-5-1-2-6-17)16-10-7-8(14)3-4-9(10)15-11/h3-4,7H,1-2,5-6,14H2. The van der Waals surface area contributed by atoms with Crippen LogP contribution in [0.15, 0.2) is 18.2 Å². The molecule has 0 atom stereocenters. The number of halogens is 1. The Morgan fingerprint density at radius 3 is 2.65 bits per heavy atom. The number of benzene rings is 1. The summed E-state index contributed by atoms with van der Waals surface area (Å²) in [6.45, 7) is 2.00. The number of nitrogens with two attached hydrogens (primary N) is 1. The van der Waals surface area contributed by atoms with E-state index in [1.165, 1.54) is 12.8 Å². The molecule has 17 heavy (non-hydrogen) atoms. The second-order valence-electron chi connectivity index (χ2n) is 4.28. The summed E-state index contributed by atoms with van der Waals surface area (Å²) in [5, 5.41) is 0.476. The first-order valence-electron chi connectivity index (χ1n) is 5.72. The van der Waals surface area contributed by atoms with Gasteiger partial charge < -0.3 is 10.6 Å². The first kappa shape index (κ1) is 10.6. The lowest BCUT2D eigenvalue weighted by Gasteiger charge is -2.17. The van der Waals surface area contributed by atoms with Crippen molar-refractivity contribution in [2.24, 2.45) is 0 Å². The predicted octanol–water partition coefficient (Wildman–Crippen LogP) is 2.47. The summed E-state index contributed by atoms with van der Waals surface area (Å²) in [4.78, 5) is 11.1. The molecule has 0 aliphatic carbocycles. The molecular weight excluding hydrogens is 236 g/mol. The van der Waals surface area contributed by atoms with Gasteiger partial charge in [0, 0.05) is 18.8 Å². The van der Waals surface area contributed by atoms with Gasteiger partial charge in [0.15, 0.2) is 11.0 Å². The number of hydrogen-bond donors (Lipinski definition) is 1. The maximum Gasteiger partial charge on any atom is 0.172 e. The van der Waals surface area contributed by atoms with E-state index < -0.39 is 0 Å². The van der Waals surface area contributed by atoms with Crippen molar-refractivity contribution in [1.82, 2.24) is 9.97 Å². The molecule has 0 unspecified atom stereocenters. The Bertz CT molecular complexity index is 564. The van der Waals surface area contributed by atoms with Crippen LogP contribution in [-0.2, 0) is 0 Å². The topological polar surface area (TPSA) is 55.0 Å². The number of fused-ring (bicyclic) bond motifs is 1. The van der Waals surface area contributed by atoms with E-state index in [-0.39, 0.29) is 0 Å². The van der Waals surface area contributed by atoms with Crippen LogP contribution < -0.4 is 10.6 Å². The van der Waals surface area contributed by atoms with Crippen molar-refractivity contribution in [3.63, 3.8) is 0 Å². The van der Waals surface area contributed by atoms with Crippen molar-refractivity contribution in [1.29, 1.82) is 0 Å². The van der Waals surface area contributed by atoms with Gasteiger partial charge in [-0.05, 0) is 31.0 Å². The Kier molecular flexibility index (Phi) is 2.52. The maximum atomic E-state index is 6.18. The number of rotatable bonds is 1. The Morgan fingerprint density at radius 2 is 1.88 bits per heavy atom. The average Bonchev–Trinajstić information content (AvgIpc) is 2.82. The van der Waals surface area contributed by atoms with Crippen LogP contribution in [0.1, 0.15) is 12.8 Å². The molecule has 2 heterocycles. The zero-order valence-corrected chi connectivity index (χ0v) is 10.1. The molecule has 1 aromatic carbocycles. The van der Waals surface area contributed by atoms with Gasteiger partial charge in [-0.1, -0.05) is 11.6 Å². The highest BCUT2D eigenvalue weighted by Crippen LogP contribution is 2.27. The van der Waals surface area contributed by atoms with E-state index >= 15 is 0 Å². The molecule has 1 aromatic heterocycles. The third-order valence-corrected chi connectivity index (χ3v) is 3.29. The number of anilines is 2. The molecule has 1 aliphatic heterocycles. The fourth-order valence-corrected chi connectivity index (χ4v) is 2.42. The highest BCUT2D eigenvalue weighted by molar-refractivity contribution is 6.32. The van der Waals surface area contributed by atoms with Crippen LogP contribution >= 0.6 is 11.6 Å². The zero-order chi connectivity index (χ0) is 11.8. The molecule has 4 nitrogen and oxygen atoms in total. The van der Waals surface area contributed by atoms with Crippen LogP contribution in [0.3, 0.4) is 0 Å². The molecule has 0 amide bonds. The van der Waals surface area contributed by atoms with Crippen molar-refractivity contribution < 1.29 is 0 Å². The van der Waals surface area contributed by atoms with E-state index in [9.17, 15) is 0 Å². The summed E-state index contributed by atoms with van der Waals surface area (Å²) in [5.41, 5.74) is 8.03. The van der Waals surface area contributed by atoms with E-state index in [0.717, 1.165) is 29.9 Å². The van der Waals surface area contributed by atoms with E-state index in [1.54, 1.807) is 0 Å². The number of aromatic nitrogens is 2. The molecule has 0 bridgehead atoms. The first-order valence-corrected chi connectivity index (χ1v) is 6.09. The van der Waals surface area contributed by atoms with Gasteiger partial charge in [0.1, 0.15) is 0 Å². The van der Waals surface area contributed by atoms with Crippen molar-refractivity contribution in [3.05, 3.63) is 23.4 Å². The van der Waals surface area contributed by atoms with Crippen LogP contribution in [-0.4, -0.2) is 23.1 Å². The van der Waals surface area contributed by atoms with Gasteiger partial charge in [0.25, 0.3) is 0 Å². The van der Waals surface area contributed by atoms with Crippen LogP contribution in [0.2, 0.25) is 5.15 Å². The lowest BCUT2D eigenvalue weighted by Crippen LogP contribution is -2.19. The second-order valence-corrected chi connectivity index (χ2v) is 4.64. The van der Waals surface area contributed by atoms with Crippen molar-refractivity contribution in [2.45, 2.75) is 12.8 Å². The Hall–Kier alpha value is -1.55. The quantitative estimate of drug-likeness (QED) is 0.788.